The highest BCUT2D eigenvalue weighted by molar-refractivity contribution is 7.90. The standard InChI is InChI=1S/C12H25N3O2S/c1-5-14-12(2,11-13)7-6-8-15(3)9-10-18(4,16)17/h14H,5-10H2,1-4H3. The van der Waals surface area contributed by atoms with Crippen LogP contribution in [0.3, 0.4) is 0 Å². The smallest absolute Gasteiger partial charge is 0.148 e. The highest BCUT2D eigenvalue weighted by Gasteiger charge is 2.21. The van der Waals surface area contributed by atoms with Crippen LogP contribution in [0.25, 0.3) is 0 Å². The Kier molecular flexibility index (Phi) is 7.45. The maximum Gasteiger partial charge on any atom is 0.148 e. The lowest BCUT2D eigenvalue weighted by atomic mass is 9.97. The molecule has 0 aliphatic heterocycles. The van der Waals surface area contributed by atoms with E-state index in [2.05, 4.69) is 11.4 Å². The molecule has 6 heteroatoms. The van der Waals surface area contributed by atoms with E-state index in [1.807, 2.05) is 25.8 Å². The maximum absolute atomic E-state index is 11.0. The van der Waals surface area contributed by atoms with Crippen LogP contribution in [0.15, 0.2) is 0 Å². The van der Waals surface area contributed by atoms with Crippen molar-refractivity contribution in [3.8, 4) is 6.07 Å². The Hall–Kier alpha value is -0.640. The summed E-state index contributed by atoms with van der Waals surface area (Å²) < 4.78 is 22.0. The molecule has 0 spiro atoms. The van der Waals surface area contributed by atoms with Gasteiger partial charge in [0.05, 0.1) is 11.8 Å². The zero-order valence-corrected chi connectivity index (χ0v) is 12.7. The van der Waals surface area contributed by atoms with E-state index < -0.39 is 15.4 Å². The van der Waals surface area contributed by atoms with Gasteiger partial charge in [-0.3, -0.25) is 5.32 Å². The fraction of sp³-hybridized carbons (Fsp3) is 0.917. The van der Waals surface area contributed by atoms with Crippen LogP contribution in [0.4, 0.5) is 0 Å². The minimum Gasteiger partial charge on any atom is -0.305 e. The molecule has 106 valence electrons. The minimum atomic E-state index is -2.89. The summed E-state index contributed by atoms with van der Waals surface area (Å²) in [4.78, 5) is 1.99. The van der Waals surface area contributed by atoms with Crippen molar-refractivity contribution in [2.75, 3.05) is 38.7 Å². The number of nitrogens with zero attached hydrogens (tertiary/aromatic N) is 2. The molecule has 1 atom stereocenters. The summed E-state index contributed by atoms with van der Waals surface area (Å²) in [6.45, 7) is 6.00. The van der Waals surface area contributed by atoms with Crippen molar-refractivity contribution in [3.63, 3.8) is 0 Å². The lowest BCUT2D eigenvalue weighted by Crippen LogP contribution is -2.41. The van der Waals surface area contributed by atoms with Crippen LogP contribution in [0.2, 0.25) is 0 Å². The van der Waals surface area contributed by atoms with Gasteiger partial charge in [0, 0.05) is 12.8 Å². The Bertz CT molecular complexity index is 375. The lowest BCUT2D eigenvalue weighted by Gasteiger charge is -2.24. The Morgan fingerprint density at radius 1 is 1.39 bits per heavy atom. The van der Waals surface area contributed by atoms with E-state index in [4.69, 9.17) is 5.26 Å². The molecule has 0 aromatic rings. The zero-order chi connectivity index (χ0) is 14.2. The third kappa shape index (κ3) is 8.45. The summed E-state index contributed by atoms with van der Waals surface area (Å²) in [5.74, 6) is 0.187. The topological polar surface area (TPSA) is 73.2 Å². The molecule has 1 N–H and O–H groups in total. The van der Waals surface area contributed by atoms with Gasteiger partial charge < -0.3 is 4.90 Å². The first-order valence-corrected chi connectivity index (χ1v) is 8.31. The molecule has 18 heavy (non-hydrogen) atoms. The number of rotatable bonds is 9. The lowest BCUT2D eigenvalue weighted by molar-refractivity contribution is 0.319. The number of hydrogen-bond donors (Lipinski definition) is 1. The first kappa shape index (κ1) is 17.4. The Morgan fingerprint density at radius 2 is 2.00 bits per heavy atom. The largest absolute Gasteiger partial charge is 0.305 e. The summed E-state index contributed by atoms with van der Waals surface area (Å²) in [5, 5.41) is 12.2. The first-order chi connectivity index (χ1) is 8.22. The molecule has 0 aromatic carbocycles. The third-order valence-corrected chi connectivity index (χ3v) is 3.80. The molecule has 0 fully saturated rings. The molecule has 0 saturated carbocycles. The summed E-state index contributed by atoms with van der Waals surface area (Å²) >= 11 is 0. The Balaban J connectivity index is 3.93. The molecule has 0 radical (unpaired) electrons. The number of nitrogens with one attached hydrogen (secondary N) is 1. The van der Waals surface area contributed by atoms with Gasteiger partial charge in [-0.2, -0.15) is 5.26 Å². The molecule has 5 nitrogen and oxygen atoms in total. The van der Waals surface area contributed by atoms with Crippen LogP contribution < -0.4 is 5.32 Å². The SMILES string of the molecule is CCNC(C)(C#N)CCCN(C)CCS(C)(=O)=O. The molecule has 0 aliphatic rings. The number of nitriles is 1. The Morgan fingerprint density at radius 3 is 2.44 bits per heavy atom. The predicted octanol–water partition coefficient (Wildman–Crippen LogP) is 0.635. The van der Waals surface area contributed by atoms with Gasteiger partial charge in [-0.25, -0.2) is 8.42 Å². The van der Waals surface area contributed by atoms with Crippen molar-refractivity contribution in [2.24, 2.45) is 0 Å². The molecule has 0 heterocycles. The Labute approximate surface area is 111 Å². The van der Waals surface area contributed by atoms with Crippen molar-refractivity contribution < 1.29 is 8.42 Å². The van der Waals surface area contributed by atoms with Crippen molar-refractivity contribution >= 4 is 9.84 Å². The summed E-state index contributed by atoms with van der Waals surface area (Å²) in [5.41, 5.74) is -0.480. The summed E-state index contributed by atoms with van der Waals surface area (Å²) in [6.07, 6.45) is 2.89. The fourth-order valence-electron chi connectivity index (χ4n) is 1.71. The van der Waals surface area contributed by atoms with Gasteiger partial charge in [0.25, 0.3) is 0 Å². The maximum atomic E-state index is 11.0. The summed E-state index contributed by atoms with van der Waals surface area (Å²) in [6, 6.07) is 2.28. The normalized spacial score (nSPS) is 15.3. The van der Waals surface area contributed by atoms with Gasteiger partial charge >= 0.3 is 0 Å². The van der Waals surface area contributed by atoms with Crippen LogP contribution in [0.1, 0.15) is 26.7 Å². The van der Waals surface area contributed by atoms with Crippen LogP contribution in [0, 0.1) is 11.3 Å². The van der Waals surface area contributed by atoms with Crippen LogP contribution in [0.5, 0.6) is 0 Å². The average Bonchev–Trinajstić information content (AvgIpc) is 2.26. The van der Waals surface area contributed by atoms with E-state index in [0.29, 0.717) is 6.54 Å². The first-order valence-electron chi connectivity index (χ1n) is 6.25. The second-order valence-electron chi connectivity index (χ2n) is 5.01. The zero-order valence-electron chi connectivity index (χ0n) is 11.9. The minimum absolute atomic E-state index is 0.187. The third-order valence-electron chi connectivity index (χ3n) is 2.87. The van der Waals surface area contributed by atoms with E-state index in [1.54, 1.807) is 0 Å². The van der Waals surface area contributed by atoms with Gasteiger partial charge in [0.2, 0.25) is 0 Å². The van der Waals surface area contributed by atoms with Crippen LogP contribution >= 0.6 is 0 Å². The predicted molar refractivity (Wildman–Crippen MR) is 74.1 cm³/mol. The number of hydrogen-bond acceptors (Lipinski definition) is 5. The second kappa shape index (κ2) is 7.72. The van der Waals surface area contributed by atoms with Crippen molar-refractivity contribution in [1.82, 2.24) is 10.2 Å². The molecule has 0 aromatic heterocycles. The quantitative estimate of drug-likeness (QED) is 0.668. The highest BCUT2D eigenvalue weighted by Crippen LogP contribution is 2.11. The number of sulfone groups is 1. The van der Waals surface area contributed by atoms with E-state index >= 15 is 0 Å². The molecule has 0 aliphatic carbocycles. The van der Waals surface area contributed by atoms with E-state index in [0.717, 1.165) is 25.9 Å². The van der Waals surface area contributed by atoms with E-state index in [1.165, 1.54) is 6.26 Å². The van der Waals surface area contributed by atoms with Crippen molar-refractivity contribution in [2.45, 2.75) is 32.2 Å². The summed E-state index contributed by atoms with van der Waals surface area (Å²) in [7, 11) is -0.987. The molecule has 0 saturated heterocycles. The van der Waals surface area contributed by atoms with Gasteiger partial charge in [-0.05, 0) is 39.9 Å². The van der Waals surface area contributed by atoms with Gasteiger partial charge in [0.15, 0.2) is 0 Å². The fourth-order valence-corrected chi connectivity index (χ4v) is 2.35. The van der Waals surface area contributed by atoms with Gasteiger partial charge in [-0.15, -0.1) is 0 Å². The molecule has 0 bridgehead atoms. The van der Waals surface area contributed by atoms with Gasteiger partial charge in [-0.1, -0.05) is 6.92 Å². The van der Waals surface area contributed by atoms with Crippen molar-refractivity contribution in [1.29, 1.82) is 5.26 Å². The monoisotopic (exact) mass is 275 g/mol. The van der Waals surface area contributed by atoms with E-state index in [9.17, 15) is 8.42 Å². The van der Waals surface area contributed by atoms with Crippen LogP contribution in [-0.4, -0.2) is 57.5 Å². The highest BCUT2D eigenvalue weighted by atomic mass is 32.2. The van der Waals surface area contributed by atoms with Crippen LogP contribution in [-0.2, 0) is 9.84 Å². The molecular weight excluding hydrogens is 250 g/mol. The second-order valence-corrected chi connectivity index (χ2v) is 7.27. The molecule has 0 rings (SSSR count). The van der Waals surface area contributed by atoms with Crippen molar-refractivity contribution in [3.05, 3.63) is 0 Å². The molecular formula is C12H25N3O2S. The van der Waals surface area contributed by atoms with E-state index in [-0.39, 0.29) is 5.75 Å². The van der Waals surface area contributed by atoms with Gasteiger partial charge in [0.1, 0.15) is 15.4 Å². The molecule has 0 amide bonds. The molecule has 1 unspecified atom stereocenters. The average molecular weight is 275 g/mol.